The van der Waals surface area contributed by atoms with Crippen LogP contribution in [-0.2, 0) is 12.2 Å². The van der Waals surface area contributed by atoms with Crippen molar-refractivity contribution in [3.8, 4) is 0 Å². The summed E-state index contributed by atoms with van der Waals surface area (Å²) in [4.78, 5) is 4.44. The highest BCUT2D eigenvalue weighted by molar-refractivity contribution is 7.98. The Morgan fingerprint density at radius 3 is 2.72 bits per heavy atom. The predicted octanol–water partition coefficient (Wildman–Crippen LogP) is 2.89. The number of hydrogen-bond acceptors (Lipinski definition) is 5. The van der Waals surface area contributed by atoms with E-state index in [1.165, 1.54) is 0 Å². The van der Waals surface area contributed by atoms with Crippen LogP contribution in [0.15, 0.2) is 4.52 Å². The first-order chi connectivity index (χ1) is 8.65. The van der Waals surface area contributed by atoms with Crippen LogP contribution in [-0.4, -0.2) is 28.5 Å². The molecular weight excluding hydrogens is 246 g/mol. The van der Waals surface area contributed by atoms with Crippen molar-refractivity contribution in [3.63, 3.8) is 0 Å². The van der Waals surface area contributed by atoms with Gasteiger partial charge in [0.15, 0.2) is 5.82 Å². The zero-order valence-corrected chi connectivity index (χ0v) is 12.7. The fourth-order valence-corrected chi connectivity index (χ4v) is 2.57. The predicted molar refractivity (Wildman–Crippen MR) is 76.8 cm³/mol. The lowest BCUT2D eigenvalue weighted by Gasteiger charge is -2.12. The van der Waals surface area contributed by atoms with Crippen molar-refractivity contribution in [2.75, 3.05) is 12.3 Å². The monoisotopic (exact) mass is 271 g/mol. The van der Waals surface area contributed by atoms with Gasteiger partial charge in [-0.25, -0.2) is 0 Å². The van der Waals surface area contributed by atoms with Crippen LogP contribution >= 0.6 is 11.8 Å². The van der Waals surface area contributed by atoms with Gasteiger partial charge < -0.3 is 9.84 Å². The minimum absolute atomic E-state index is 0.437. The molecule has 0 fully saturated rings. The van der Waals surface area contributed by atoms with Crippen LogP contribution in [0.4, 0.5) is 0 Å². The van der Waals surface area contributed by atoms with Gasteiger partial charge in [-0.2, -0.15) is 16.7 Å². The van der Waals surface area contributed by atoms with E-state index in [4.69, 9.17) is 4.52 Å². The normalized spacial score (nSPS) is 13.2. The maximum atomic E-state index is 5.29. The van der Waals surface area contributed by atoms with Crippen LogP contribution in [0.5, 0.6) is 0 Å². The van der Waals surface area contributed by atoms with Crippen molar-refractivity contribution in [1.82, 2.24) is 15.5 Å². The molecule has 0 radical (unpaired) electrons. The molecule has 0 amide bonds. The molecule has 1 aromatic rings. The van der Waals surface area contributed by atoms with Gasteiger partial charge in [0, 0.05) is 12.5 Å². The zero-order chi connectivity index (χ0) is 13.4. The number of nitrogens with zero attached hydrogens (tertiary/aromatic N) is 2. The Hall–Kier alpha value is -0.550. The fraction of sp³-hybridized carbons (Fsp3) is 0.846. The maximum absolute atomic E-state index is 5.29. The summed E-state index contributed by atoms with van der Waals surface area (Å²) in [5.41, 5.74) is 0. The number of aromatic nitrogens is 2. The fourth-order valence-electron chi connectivity index (χ4n) is 1.68. The van der Waals surface area contributed by atoms with Gasteiger partial charge in [0.05, 0.1) is 5.75 Å². The van der Waals surface area contributed by atoms with Gasteiger partial charge in [-0.3, -0.25) is 0 Å². The summed E-state index contributed by atoms with van der Waals surface area (Å²) in [6.45, 7) is 9.70. The Morgan fingerprint density at radius 1 is 1.33 bits per heavy atom. The third-order valence-electron chi connectivity index (χ3n) is 2.60. The summed E-state index contributed by atoms with van der Waals surface area (Å²) in [7, 11) is 0. The van der Waals surface area contributed by atoms with E-state index in [0.29, 0.717) is 12.0 Å². The van der Waals surface area contributed by atoms with E-state index >= 15 is 0 Å². The highest BCUT2D eigenvalue weighted by Gasteiger charge is 2.12. The minimum atomic E-state index is 0.437. The van der Waals surface area contributed by atoms with Crippen LogP contribution in [0.25, 0.3) is 0 Å². The Morgan fingerprint density at radius 2 is 2.11 bits per heavy atom. The van der Waals surface area contributed by atoms with E-state index < -0.39 is 0 Å². The third-order valence-corrected chi connectivity index (χ3v) is 3.96. The average molecular weight is 271 g/mol. The molecule has 5 heteroatoms. The van der Waals surface area contributed by atoms with Gasteiger partial charge >= 0.3 is 0 Å². The van der Waals surface area contributed by atoms with Crippen molar-refractivity contribution in [3.05, 3.63) is 11.7 Å². The summed E-state index contributed by atoms with van der Waals surface area (Å²) in [5, 5.41) is 7.44. The summed E-state index contributed by atoms with van der Waals surface area (Å²) < 4.78 is 5.29. The number of hydrogen-bond donors (Lipinski definition) is 1. The average Bonchev–Trinajstić information content (AvgIpc) is 2.76. The van der Waals surface area contributed by atoms with Crippen LogP contribution in [0.3, 0.4) is 0 Å². The lowest BCUT2D eigenvalue weighted by Crippen LogP contribution is -2.30. The molecule has 1 rings (SSSR count). The number of nitrogens with one attached hydrogen (secondary N) is 1. The molecule has 0 aliphatic rings. The molecule has 1 N–H and O–H groups in total. The molecule has 104 valence electrons. The molecule has 1 unspecified atom stereocenters. The molecule has 4 nitrogen and oxygen atoms in total. The quantitative estimate of drug-likeness (QED) is 0.748. The SMILES string of the molecule is CCNC(CC)Cc1nc(CSCC(C)C)no1. The lowest BCUT2D eigenvalue weighted by molar-refractivity contribution is 0.352. The first-order valence-corrected chi connectivity index (χ1v) is 7.93. The Kier molecular flexibility index (Phi) is 7.35. The molecule has 0 bridgehead atoms. The molecule has 18 heavy (non-hydrogen) atoms. The van der Waals surface area contributed by atoms with E-state index in [2.05, 4.69) is 43.2 Å². The number of likely N-dealkylation sites (N-methyl/N-ethyl adjacent to an activating group) is 1. The lowest BCUT2D eigenvalue weighted by atomic mass is 10.1. The highest BCUT2D eigenvalue weighted by Crippen LogP contribution is 2.13. The minimum Gasteiger partial charge on any atom is -0.339 e. The van der Waals surface area contributed by atoms with E-state index in [-0.39, 0.29) is 0 Å². The van der Waals surface area contributed by atoms with Gasteiger partial charge in [0.2, 0.25) is 5.89 Å². The van der Waals surface area contributed by atoms with Crippen molar-refractivity contribution in [1.29, 1.82) is 0 Å². The molecule has 0 aliphatic heterocycles. The second-order valence-electron chi connectivity index (χ2n) is 4.88. The van der Waals surface area contributed by atoms with Crippen molar-refractivity contribution >= 4 is 11.8 Å². The molecule has 1 aromatic heterocycles. The molecule has 1 atom stereocenters. The molecule has 1 heterocycles. The van der Waals surface area contributed by atoms with Crippen molar-refractivity contribution < 1.29 is 4.52 Å². The van der Waals surface area contributed by atoms with Crippen molar-refractivity contribution in [2.24, 2.45) is 5.92 Å². The van der Waals surface area contributed by atoms with Crippen LogP contribution in [0, 0.1) is 5.92 Å². The Balaban J connectivity index is 2.37. The van der Waals surface area contributed by atoms with Gasteiger partial charge in [-0.1, -0.05) is 32.9 Å². The smallest absolute Gasteiger partial charge is 0.228 e. The van der Waals surface area contributed by atoms with E-state index in [1.54, 1.807) is 0 Å². The van der Waals surface area contributed by atoms with Crippen LogP contribution in [0.2, 0.25) is 0 Å². The zero-order valence-electron chi connectivity index (χ0n) is 11.9. The van der Waals surface area contributed by atoms with Crippen molar-refractivity contribution in [2.45, 2.75) is 52.3 Å². The largest absolute Gasteiger partial charge is 0.339 e. The number of thioether (sulfide) groups is 1. The molecule has 0 saturated heterocycles. The van der Waals surface area contributed by atoms with Gasteiger partial charge in [-0.15, -0.1) is 0 Å². The Labute approximate surface area is 114 Å². The second-order valence-corrected chi connectivity index (χ2v) is 5.91. The molecular formula is C13H25N3OS. The van der Waals surface area contributed by atoms with Gasteiger partial charge in [0.25, 0.3) is 0 Å². The third kappa shape index (κ3) is 5.87. The summed E-state index contributed by atoms with van der Waals surface area (Å²) in [6.07, 6.45) is 1.90. The Bertz CT molecular complexity index is 328. The summed E-state index contributed by atoms with van der Waals surface area (Å²) in [6, 6.07) is 0.437. The summed E-state index contributed by atoms with van der Waals surface area (Å²) in [5.74, 6) is 4.27. The van der Waals surface area contributed by atoms with Crippen LogP contribution in [0.1, 0.15) is 45.8 Å². The molecule has 0 aliphatic carbocycles. The molecule has 0 spiro atoms. The maximum Gasteiger partial charge on any atom is 0.228 e. The summed E-state index contributed by atoms with van der Waals surface area (Å²) >= 11 is 1.86. The molecule has 0 aromatic carbocycles. The van der Waals surface area contributed by atoms with Gasteiger partial charge in [0.1, 0.15) is 0 Å². The second kappa shape index (κ2) is 8.53. The van der Waals surface area contributed by atoms with E-state index in [1.807, 2.05) is 11.8 Å². The number of rotatable bonds is 9. The first-order valence-electron chi connectivity index (χ1n) is 6.78. The highest BCUT2D eigenvalue weighted by atomic mass is 32.2. The first kappa shape index (κ1) is 15.5. The van der Waals surface area contributed by atoms with Crippen LogP contribution < -0.4 is 5.32 Å². The standard InChI is InChI=1S/C13H25N3OS/c1-5-11(14-6-2)7-13-15-12(16-17-13)9-18-8-10(3)4/h10-11,14H,5-9H2,1-4H3. The van der Waals surface area contributed by atoms with Gasteiger partial charge in [-0.05, 0) is 24.6 Å². The van der Waals surface area contributed by atoms with E-state index in [0.717, 1.165) is 42.6 Å². The van der Waals surface area contributed by atoms with E-state index in [9.17, 15) is 0 Å². The molecule has 0 saturated carbocycles. The topological polar surface area (TPSA) is 51.0 Å².